The fraction of sp³-hybridized carbons (Fsp3) is 0.286. The lowest BCUT2D eigenvalue weighted by atomic mass is 10.5. The van der Waals surface area contributed by atoms with Crippen LogP contribution in [-0.2, 0) is 4.74 Å². The van der Waals surface area contributed by atoms with E-state index in [1.54, 1.807) is 0 Å². The first-order valence-corrected chi connectivity index (χ1v) is 2.81. The molecule has 0 aromatic rings. The van der Waals surface area contributed by atoms with Crippen LogP contribution < -0.4 is 0 Å². The van der Waals surface area contributed by atoms with E-state index in [0.29, 0.717) is 5.76 Å². The summed E-state index contributed by atoms with van der Waals surface area (Å²) in [7, 11) is 0. The first-order valence-electron chi connectivity index (χ1n) is 2.81. The van der Waals surface area contributed by atoms with Crippen molar-refractivity contribution >= 4 is 6.72 Å². The summed E-state index contributed by atoms with van der Waals surface area (Å²) < 4.78 is 16.2. The van der Waals surface area contributed by atoms with Crippen LogP contribution in [0.2, 0.25) is 0 Å². The van der Waals surface area contributed by atoms with Crippen molar-refractivity contribution in [3.63, 3.8) is 0 Å². The second-order valence-electron chi connectivity index (χ2n) is 1.50. The molecule has 0 radical (unpaired) electrons. The summed E-state index contributed by atoms with van der Waals surface area (Å²) in [5.41, 5.74) is 0. The second-order valence-corrected chi connectivity index (χ2v) is 1.50. The van der Waals surface area contributed by atoms with Gasteiger partial charge in [0.25, 0.3) is 0 Å². The van der Waals surface area contributed by atoms with E-state index < -0.39 is 6.67 Å². The minimum Gasteiger partial charge on any atom is -0.491 e. The summed E-state index contributed by atoms with van der Waals surface area (Å²) in [6, 6.07) is 0. The summed E-state index contributed by atoms with van der Waals surface area (Å²) >= 11 is 0. The first-order chi connectivity index (χ1) is 4.81. The van der Waals surface area contributed by atoms with Gasteiger partial charge in [-0.1, -0.05) is 6.58 Å². The highest BCUT2D eigenvalue weighted by molar-refractivity contribution is 5.26. The average molecular weight is 143 g/mol. The number of alkyl halides is 1. The van der Waals surface area contributed by atoms with Gasteiger partial charge in [-0.3, -0.25) is 4.99 Å². The molecule has 0 unspecified atom stereocenters. The molecule has 0 aliphatic carbocycles. The minimum absolute atomic E-state index is 0.0420. The van der Waals surface area contributed by atoms with Crippen LogP contribution in [0.5, 0.6) is 0 Å². The number of ether oxygens (including phenoxy) is 1. The maximum atomic E-state index is 11.4. The van der Waals surface area contributed by atoms with E-state index in [2.05, 4.69) is 18.3 Å². The molecule has 2 nitrogen and oxygen atoms in total. The Hall–Kier alpha value is -1.12. The monoisotopic (exact) mass is 143 g/mol. The molecule has 0 rings (SSSR count). The molecule has 0 atom stereocenters. The topological polar surface area (TPSA) is 21.6 Å². The predicted molar refractivity (Wildman–Crippen MR) is 39.8 cm³/mol. The molecule has 0 aromatic carbocycles. The van der Waals surface area contributed by atoms with Gasteiger partial charge in [0.2, 0.25) is 0 Å². The van der Waals surface area contributed by atoms with Gasteiger partial charge in [-0.15, -0.1) is 0 Å². The smallest absolute Gasteiger partial charge is 0.123 e. The molecule has 10 heavy (non-hydrogen) atoms. The van der Waals surface area contributed by atoms with Crippen LogP contribution in [-0.4, -0.2) is 20.0 Å². The Balaban J connectivity index is 3.43. The average Bonchev–Trinajstić information content (AvgIpc) is 1.97. The minimum atomic E-state index is -0.506. The quantitative estimate of drug-likeness (QED) is 0.326. The van der Waals surface area contributed by atoms with Crippen LogP contribution >= 0.6 is 0 Å². The molecular formula is C7H10FNO. The molecule has 0 N–H and O–H groups in total. The molecule has 56 valence electrons. The summed E-state index contributed by atoms with van der Waals surface area (Å²) in [4.78, 5) is 3.42. The molecule has 0 aliphatic rings. The molecule has 0 saturated heterocycles. The maximum absolute atomic E-state index is 11.4. The van der Waals surface area contributed by atoms with E-state index >= 15 is 0 Å². The van der Waals surface area contributed by atoms with Crippen LogP contribution in [0.4, 0.5) is 4.39 Å². The number of halogens is 1. The molecule has 0 aromatic heterocycles. The van der Waals surface area contributed by atoms with Gasteiger partial charge >= 0.3 is 0 Å². The van der Waals surface area contributed by atoms with E-state index in [-0.39, 0.29) is 6.61 Å². The second kappa shape index (κ2) is 6.01. The SMILES string of the molecule is C=NC=CC(=C)OCCF. The Bertz CT molecular complexity index is 143. The fourth-order valence-corrected chi connectivity index (χ4v) is 0.354. The van der Waals surface area contributed by atoms with Gasteiger partial charge in [0.1, 0.15) is 19.0 Å². The molecule has 0 aliphatic heterocycles. The number of rotatable bonds is 5. The highest BCUT2D eigenvalue weighted by atomic mass is 19.1. The van der Waals surface area contributed by atoms with E-state index in [1.807, 2.05) is 0 Å². The third-order valence-electron chi connectivity index (χ3n) is 0.730. The molecule has 0 heterocycles. The highest BCUT2D eigenvalue weighted by Gasteiger charge is 1.85. The van der Waals surface area contributed by atoms with Crippen molar-refractivity contribution in [3.05, 3.63) is 24.6 Å². The maximum Gasteiger partial charge on any atom is 0.123 e. The Morgan fingerprint density at radius 2 is 2.40 bits per heavy atom. The normalized spacial score (nSPS) is 9.70. The van der Waals surface area contributed by atoms with Gasteiger partial charge < -0.3 is 4.74 Å². The number of allylic oxidation sites excluding steroid dienone is 1. The molecule has 0 spiro atoms. The first kappa shape index (κ1) is 8.88. The van der Waals surface area contributed by atoms with Crippen molar-refractivity contribution in [2.45, 2.75) is 0 Å². The van der Waals surface area contributed by atoms with Gasteiger partial charge in [-0.2, -0.15) is 0 Å². The van der Waals surface area contributed by atoms with Crippen molar-refractivity contribution in [3.8, 4) is 0 Å². The summed E-state index contributed by atoms with van der Waals surface area (Å²) in [6.45, 7) is 6.21. The Morgan fingerprint density at radius 3 is 2.90 bits per heavy atom. The Morgan fingerprint density at radius 1 is 1.70 bits per heavy atom. The standard InChI is InChI=1S/C7H10FNO/c1-7(3-5-9-2)10-6-4-8/h3,5H,1-2,4,6H2. The van der Waals surface area contributed by atoms with Crippen LogP contribution in [0.1, 0.15) is 0 Å². The van der Waals surface area contributed by atoms with Gasteiger partial charge in [0, 0.05) is 6.20 Å². The lowest BCUT2D eigenvalue weighted by Crippen LogP contribution is -1.92. The zero-order valence-corrected chi connectivity index (χ0v) is 5.72. The Labute approximate surface area is 59.7 Å². The van der Waals surface area contributed by atoms with Gasteiger partial charge in [-0.05, 0) is 12.8 Å². The zero-order valence-electron chi connectivity index (χ0n) is 5.72. The molecule has 0 fully saturated rings. The van der Waals surface area contributed by atoms with Crippen LogP contribution in [0.25, 0.3) is 0 Å². The Kier molecular flexibility index (Phi) is 5.33. The largest absolute Gasteiger partial charge is 0.491 e. The van der Waals surface area contributed by atoms with Gasteiger partial charge in [0.15, 0.2) is 0 Å². The molecule has 3 heteroatoms. The zero-order chi connectivity index (χ0) is 7.82. The van der Waals surface area contributed by atoms with Crippen molar-refractivity contribution < 1.29 is 9.13 Å². The third kappa shape index (κ3) is 5.03. The van der Waals surface area contributed by atoms with Gasteiger partial charge in [0.05, 0.1) is 0 Å². The van der Waals surface area contributed by atoms with Crippen molar-refractivity contribution in [1.29, 1.82) is 0 Å². The van der Waals surface area contributed by atoms with Crippen molar-refractivity contribution in [2.75, 3.05) is 13.3 Å². The van der Waals surface area contributed by atoms with Gasteiger partial charge in [-0.25, -0.2) is 4.39 Å². The number of hydrogen-bond donors (Lipinski definition) is 0. The molecular weight excluding hydrogens is 133 g/mol. The van der Waals surface area contributed by atoms with Crippen molar-refractivity contribution in [1.82, 2.24) is 0 Å². The van der Waals surface area contributed by atoms with E-state index in [0.717, 1.165) is 0 Å². The van der Waals surface area contributed by atoms with Crippen molar-refractivity contribution in [2.24, 2.45) is 4.99 Å². The molecule has 0 saturated carbocycles. The summed E-state index contributed by atoms with van der Waals surface area (Å²) in [5.74, 6) is 0.394. The van der Waals surface area contributed by atoms with Crippen LogP contribution in [0.15, 0.2) is 29.6 Å². The van der Waals surface area contributed by atoms with Crippen LogP contribution in [0, 0.1) is 0 Å². The number of nitrogens with zero attached hydrogens (tertiary/aromatic N) is 1. The van der Waals surface area contributed by atoms with E-state index in [9.17, 15) is 4.39 Å². The fourth-order valence-electron chi connectivity index (χ4n) is 0.354. The number of aliphatic imine (C=N–C) groups is 1. The molecule has 0 amide bonds. The lowest BCUT2D eigenvalue weighted by molar-refractivity contribution is 0.199. The molecule has 0 bridgehead atoms. The summed E-state index contributed by atoms with van der Waals surface area (Å²) in [5, 5.41) is 0. The lowest BCUT2D eigenvalue weighted by Gasteiger charge is -1.99. The third-order valence-corrected chi connectivity index (χ3v) is 0.730. The summed E-state index contributed by atoms with van der Waals surface area (Å²) in [6.07, 6.45) is 2.95. The van der Waals surface area contributed by atoms with E-state index in [4.69, 9.17) is 4.74 Å². The number of hydrogen-bond acceptors (Lipinski definition) is 2. The van der Waals surface area contributed by atoms with E-state index in [1.165, 1.54) is 12.3 Å². The predicted octanol–water partition coefficient (Wildman–Crippen LogP) is 1.70. The van der Waals surface area contributed by atoms with Crippen LogP contribution in [0.3, 0.4) is 0 Å². The highest BCUT2D eigenvalue weighted by Crippen LogP contribution is 1.94.